The van der Waals surface area contributed by atoms with Crippen molar-refractivity contribution >= 4 is 6.16 Å². The Labute approximate surface area is 112 Å². The summed E-state index contributed by atoms with van der Waals surface area (Å²) < 4.78 is 10.2. The van der Waals surface area contributed by atoms with E-state index in [2.05, 4.69) is 11.7 Å². The molecule has 1 rings (SSSR count). The van der Waals surface area contributed by atoms with Crippen molar-refractivity contribution in [3.05, 3.63) is 23.8 Å². The monoisotopic (exact) mass is 268 g/mol. The highest BCUT2D eigenvalue weighted by atomic mass is 16.7. The Bertz CT molecular complexity index is 416. The van der Waals surface area contributed by atoms with Gasteiger partial charge in [0.25, 0.3) is 0 Å². The highest BCUT2D eigenvalue weighted by molar-refractivity contribution is 5.63. The van der Waals surface area contributed by atoms with E-state index in [1.54, 1.807) is 12.1 Å². The van der Waals surface area contributed by atoms with Gasteiger partial charge in [-0.25, -0.2) is 4.79 Å². The topological polar surface area (TPSA) is 76.0 Å². The number of hydrogen-bond donors (Lipinski definition) is 2. The Hall–Kier alpha value is -1.75. The minimum atomic E-state index is -1.45. The fourth-order valence-electron chi connectivity index (χ4n) is 1.77. The Balaban J connectivity index is 2.87. The average molecular weight is 268 g/mol. The van der Waals surface area contributed by atoms with Crippen molar-refractivity contribution in [2.75, 3.05) is 6.61 Å². The molecule has 1 unspecified atom stereocenters. The number of carbonyl (C=O) groups is 1. The Morgan fingerprint density at radius 1 is 1.37 bits per heavy atom. The number of rotatable bonds is 7. The minimum absolute atomic E-state index is 0.0671. The van der Waals surface area contributed by atoms with Gasteiger partial charge in [-0.05, 0) is 18.9 Å². The zero-order valence-electron chi connectivity index (χ0n) is 11.3. The molecule has 0 aromatic heterocycles. The molecule has 0 amide bonds. The highest BCUT2D eigenvalue weighted by Crippen LogP contribution is 2.36. The van der Waals surface area contributed by atoms with E-state index in [1.807, 2.05) is 6.92 Å². The first-order valence-electron chi connectivity index (χ1n) is 6.44. The molecule has 1 atom stereocenters. The summed E-state index contributed by atoms with van der Waals surface area (Å²) >= 11 is 0. The number of unbranched alkanes of at least 4 members (excludes halogenated alkanes) is 1. The minimum Gasteiger partial charge on any atom is -0.504 e. The molecule has 0 spiro atoms. The molecule has 0 aliphatic carbocycles. The van der Waals surface area contributed by atoms with Gasteiger partial charge in [-0.1, -0.05) is 32.4 Å². The van der Waals surface area contributed by atoms with Gasteiger partial charge in [-0.3, -0.25) is 0 Å². The number of carboxylic acid groups (broad SMARTS) is 1. The van der Waals surface area contributed by atoms with Crippen molar-refractivity contribution in [1.29, 1.82) is 0 Å². The van der Waals surface area contributed by atoms with Gasteiger partial charge in [-0.15, -0.1) is 0 Å². The van der Waals surface area contributed by atoms with Crippen LogP contribution in [-0.2, 0) is 4.74 Å². The predicted octanol–water partition coefficient (Wildman–Crippen LogP) is 3.72. The van der Waals surface area contributed by atoms with Gasteiger partial charge in [-0.2, -0.15) is 0 Å². The van der Waals surface area contributed by atoms with E-state index in [0.29, 0.717) is 18.6 Å². The molecular formula is C14H20O5. The maximum absolute atomic E-state index is 10.5. The van der Waals surface area contributed by atoms with Gasteiger partial charge in [0.1, 0.15) is 0 Å². The largest absolute Gasteiger partial charge is 0.511 e. The van der Waals surface area contributed by atoms with Gasteiger partial charge in [0, 0.05) is 12.2 Å². The number of aromatic hydroxyl groups is 1. The lowest BCUT2D eigenvalue weighted by molar-refractivity contribution is 0.0462. The summed E-state index contributed by atoms with van der Waals surface area (Å²) in [5.41, 5.74) is 0.553. The van der Waals surface area contributed by atoms with Gasteiger partial charge >= 0.3 is 6.16 Å². The van der Waals surface area contributed by atoms with Gasteiger partial charge in [0.05, 0.1) is 6.10 Å². The van der Waals surface area contributed by atoms with E-state index in [1.165, 1.54) is 6.07 Å². The number of hydrogen-bond acceptors (Lipinski definition) is 4. The molecule has 19 heavy (non-hydrogen) atoms. The fraction of sp³-hybridized carbons (Fsp3) is 0.500. The SMILES string of the molecule is CCCCOC(CC)c1cccc(OC(=O)O)c1O. The molecule has 0 aliphatic heterocycles. The maximum Gasteiger partial charge on any atom is 0.511 e. The summed E-state index contributed by atoms with van der Waals surface area (Å²) in [5.74, 6) is -0.240. The van der Waals surface area contributed by atoms with Crippen LogP contribution in [0.2, 0.25) is 0 Å². The third-order valence-electron chi connectivity index (χ3n) is 2.76. The van der Waals surface area contributed by atoms with Gasteiger partial charge < -0.3 is 19.7 Å². The molecule has 0 heterocycles. The Morgan fingerprint density at radius 2 is 2.11 bits per heavy atom. The van der Waals surface area contributed by atoms with Crippen LogP contribution in [0.4, 0.5) is 4.79 Å². The van der Waals surface area contributed by atoms with Crippen molar-refractivity contribution in [3.63, 3.8) is 0 Å². The summed E-state index contributed by atoms with van der Waals surface area (Å²) in [5, 5.41) is 18.6. The summed E-state index contributed by atoms with van der Waals surface area (Å²) in [6, 6.07) is 4.76. The second-order valence-corrected chi connectivity index (χ2v) is 4.18. The molecule has 106 valence electrons. The third-order valence-corrected chi connectivity index (χ3v) is 2.76. The lowest BCUT2D eigenvalue weighted by Crippen LogP contribution is -2.07. The Morgan fingerprint density at radius 3 is 2.68 bits per heavy atom. The van der Waals surface area contributed by atoms with Crippen LogP contribution in [-0.4, -0.2) is 23.0 Å². The van der Waals surface area contributed by atoms with Crippen LogP contribution in [0, 0.1) is 0 Å². The van der Waals surface area contributed by atoms with Crippen LogP contribution < -0.4 is 4.74 Å². The predicted molar refractivity (Wildman–Crippen MR) is 70.7 cm³/mol. The average Bonchev–Trinajstić information content (AvgIpc) is 2.37. The summed E-state index contributed by atoms with van der Waals surface area (Å²) in [6.07, 6.45) is 0.956. The van der Waals surface area contributed by atoms with E-state index in [9.17, 15) is 9.90 Å². The number of phenols is 1. The first-order chi connectivity index (χ1) is 9.10. The second kappa shape index (κ2) is 7.63. The normalized spacial score (nSPS) is 12.1. The van der Waals surface area contributed by atoms with Crippen molar-refractivity contribution in [2.45, 2.75) is 39.2 Å². The maximum atomic E-state index is 10.5. The first-order valence-corrected chi connectivity index (χ1v) is 6.44. The molecule has 1 aromatic rings. The van der Waals surface area contributed by atoms with Crippen molar-refractivity contribution in [3.8, 4) is 11.5 Å². The van der Waals surface area contributed by atoms with Crippen molar-refractivity contribution < 1.29 is 24.5 Å². The van der Waals surface area contributed by atoms with Crippen LogP contribution in [0.25, 0.3) is 0 Å². The molecule has 0 saturated carbocycles. The highest BCUT2D eigenvalue weighted by Gasteiger charge is 2.18. The van der Waals surface area contributed by atoms with E-state index in [0.717, 1.165) is 12.8 Å². The molecule has 2 N–H and O–H groups in total. The van der Waals surface area contributed by atoms with Crippen LogP contribution in [0.1, 0.15) is 44.8 Å². The number of benzene rings is 1. The van der Waals surface area contributed by atoms with E-state index in [4.69, 9.17) is 9.84 Å². The standard InChI is InChI=1S/C14H20O5/c1-3-5-9-18-11(4-2)10-7-6-8-12(13(10)15)19-14(16)17/h6-8,11,15H,3-5,9H2,1-2H3,(H,16,17). The number of phenolic OH excluding ortho intramolecular Hbond substituents is 1. The molecule has 0 radical (unpaired) electrons. The molecule has 0 fully saturated rings. The van der Waals surface area contributed by atoms with Crippen LogP contribution >= 0.6 is 0 Å². The lowest BCUT2D eigenvalue weighted by atomic mass is 10.1. The van der Waals surface area contributed by atoms with Crippen LogP contribution in [0.15, 0.2) is 18.2 Å². The number of ether oxygens (including phenoxy) is 2. The summed E-state index contributed by atoms with van der Waals surface area (Å²) in [6.45, 7) is 4.63. The molecule has 0 bridgehead atoms. The summed E-state index contributed by atoms with van der Waals surface area (Å²) in [7, 11) is 0. The van der Waals surface area contributed by atoms with E-state index >= 15 is 0 Å². The second-order valence-electron chi connectivity index (χ2n) is 4.18. The third kappa shape index (κ3) is 4.44. The molecule has 0 aliphatic rings. The van der Waals surface area contributed by atoms with E-state index < -0.39 is 6.16 Å². The fourth-order valence-corrected chi connectivity index (χ4v) is 1.77. The zero-order chi connectivity index (χ0) is 14.3. The summed E-state index contributed by atoms with van der Waals surface area (Å²) in [4.78, 5) is 10.5. The smallest absolute Gasteiger partial charge is 0.504 e. The van der Waals surface area contributed by atoms with Gasteiger partial charge in [0.15, 0.2) is 11.5 Å². The van der Waals surface area contributed by atoms with E-state index in [-0.39, 0.29) is 17.6 Å². The van der Waals surface area contributed by atoms with Gasteiger partial charge in [0.2, 0.25) is 0 Å². The first kappa shape index (κ1) is 15.3. The molecule has 0 saturated heterocycles. The van der Waals surface area contributed by atoms with Crippen LogP contribution in [0.5, 0.6) is 11.5 Å². The van der Waals surface area contributed by atoms with Crippen molar-refractivity contribution in [2.24, 2.45) is 0 Å². The molecular weight excluding hydrogens is 248 g/mol. The molecule has 5 nitrogen and oxygen atoms in total. The number of para-hydroxylation sites is 1. The zero-order valence-corrected chi connectivity index (χ0v) is 11.3. The van der Waals surface area contributed by atoms with Crippen LogP contribution in [0.3, 0.4) is 0 Å². The quantitative estimate of drug-likeness (QED) is 0.448. The van der Waals surface area contributed by atoms with Crippen molar-refractivity contribution in [1.82, 2.24) is 0 Å². The molecule has 1 aromatic carbocycles. The lowest BCUT2D eigenvalue weighted by Gasteiger charge is -2.18. The molecule has 5 heteroatoms. The Kier molecular flexibility index (Phi) is 6.15.